The van der Waals surface area contributed by atoms with Crippen LogP contribution in [0.15, 0.2) is 0 Å². The van der Waals surface area contributed by atoms with E-state index in [2.05, 4.69) is 29.6 Å². The molecule has 0 aromatic carbocycles. The van der Waals surface area contributed by atoms with Gasteiger partial charge in [-0.1, -0.05) is 31.9 Å². The SMILES string of the molecule is CC(C)NC(=O)[C@@H]1CCC[C@H](NCc2c(C(C)C)nn(C)c2Cl)C1. The fourth-order valence-electron chi connectivity index (χ4n) is 3.46. The van der Waals surface area contributed by atoms with E-state index >= 15 is 0 Å². The van der Waals surface area contributed by atoms with Gasteiger partial charge in [0.1, 0.15) is 5.15 Å². The highest BCUT2D eigenvalue weighted by atomic mass is 35.5. The largest absolute Gasteiger partial charge is 0.354 e. The van der Waals surface area contributed by atoms with Gasteiger partial charge in [0.2, 0.25) is 5.91 Å². The molecule has 24 heavy (non-hydrogen) atoms. The number of rotatable bonds is 6. The van der Waals surface area contributed by atoms with Crippen LogP contribution in [0.2, 0.25) is 5.15 Å². The van der Waals surface area contributed by atoms with Gasteiger partial charge >= 0.3 is 0 Å². The molecule has 0 saturated heterocycles. The number of aryl methyl sites for hydroxylation is 1. The monoisotopic (exact) mass is 354 g/mol. The van der Waals surface area contributed by atoms with E-state index in [0.29, 0.717) is 23.7 Å². The molecule has 1 fully saturated rings. The first-order valence-electron chi connectivity index (χ1n) is 9.04. The lowest BCUT2D eigenvalue weighted by Crippen LogP contribution is -2.42. The lowest BCUT2D eigenvalue weighted by Gasteiger charge is -2.29. The van der Waals surface area contributed by atoms with E-state index < -0.39 is 0 Å². The average molecular weight is 355 g/mol. The molecule has 0 spiro atoms. The summed E-state index contributed by atoms with van der Waals surface area (Å²) in [4.78, 5) is 12.3. The summed E-state index contributed by atoms with van der Waals surface area (Å²) in [6.45, 7) is 9.00. The quantitative estimate of drug-likeness (QED) is 0.823. The van der Waals surface area contributed by atoms with Crippen LogP contribution in [0.3, 0.4) is 0 Å². The number of nitrogens with one attached hydrogen (secondary N) is 2. The molecule has 1 amide bonds. The van der Waals surface area contributed by atoms with Crippen LogP contribution in [0.25, 0.3) is 0 Å². The van der Waals surface area contributed by atoms with Crippen LogP contribution in [0, 0.1) is 5.92 Å². The highest BCUT2D eigenvalue weighted by molar-refractivity contribution is 6.30. The lowest BCUT2D eigenvalue weighted by atomic mass is 9.85. The van der Waals surface area contributed by atoms with Crippen LogP contribution in [0.4, 0.5) is 0 Å². The minimum Gasteiger partial charge on any atom is -0.354 e. The second kappa shape index (κ2) is 8.34. The predicted molar refractivity (Wildman–Crippen MR) is 98.2 cm³/mol. The van der Waals surface area contributed by atoms with Gasteiger partial charge in [-0.15, -0.1) is 0 Å². The fraction of sp³-hybridized carbons (Fsp3) is 0.778. The Balaban J connectivity index is 1.96. The minimum absolute atomic E-state index is 0.118. The smallest absolute Gasteiger partial charge is 0.223 e. The van der Waals surface area contributed by atoms with E-state index in [1.807, 2.05) is 20.9 Å². The third-order valence-corrected chi connectivity index (χ3v) is 5.16. The van der Waals surface area contributed by atoms with Crippen molar-refractivity contribution in [2.75, 3.05) is 0 Å². The standard InChI is InChI=1S/C18H31ClN4O/c1-11(2)16-15(17(19)23(5)22-16)10-20-14-8-6-7-13(9-14)18(24)21-12(3)4/h11-14,20H,6-10H2,1-5H3,(H,21,24)/t13-,14+/m1/s1. The summed E-state index contributed by atoms with van der Waals surface area (Å²) in [6.07, 6.45) is 4.08. The van der Waals surface area contributed by atoms with Crippen molar-refractivity contribution < 1.29 is 4.79 Å². The van der Waals surface area contributed by atoms with Gasteiger partial charge in [-0.3, -0.25) is 9.48 Å². The summed E-state index contributed by atoms with van der Waals surface area (Å²) in [5.41, 5.74) is 2.14. The predicted octanol–water partition coefficient (Wildman–Crippen LogP) is 3.37. The maximum Gasteiger partial charge on any atom is 0.223 e. The summed E-state index contributed by atoms with van der Waals surface area (Å²) < 4.78 is 1.74. The molecule has 2 N–H and O–H groups in total. The first kappa shape index (κ1) is 19.3. The van der Waals surface area contributed by atoms with Crippen molar-refractivity contribution in [2.45, 2.75) is 77.9 Å². The molecule has 1 aliphatic rings. The molecule has 136 valence electrons. The highest BCUT2D eigenvalue weighted by Gasteiger charge is 2.28. The van der Waals surface area contributed by atoms with Crippen LogP contribution in [0.5, 0.6) is 0 Å². The van der Waals surface area contributed by atoms with Crippen molar-refractivity contribution in [3.63, 3.8) is 0 Å². The van der Waals surface area contributed by atoms with Gasteiger partial charge in [0.15, 0.2) is 0 Å². The third kappa shape index (κ3) is 4.73. The van der Waals surface area contributed by atoms with E-state index in [4.69, 9.17) is 11.6 Å². The number of hydrogen-bond acceptors (Lipinski definition) is 3. The summed E-state index contributed by atoms with van der Waals surface area (Å²) in [6, 6.07) is 0.562. The second-order valence-corrected chi connectivity index (χ2v) is 7.90. The zero-order valence-corrected chi connectivity index (χ0v) is 16.3. The number of nitrogens with zero attached hydrogens (tertiary/aromatic N) is 2. The van der Waals surface area contributed by atoms with Gasteiger partial charge < -0.3 is 10.6 Å². The molecule has 1 aliphatic carbocycles. The molecule has 1 saturated carbocycles. The van der Waals surface area contributed by atoms with Gasteiger partial charge in [-0.25, -0.2) is 0 Å². The minimum atomic E-state index is 0.118. The maximum absolute atomic E-state index is 12.3. The molecule has 5 nitrogen and oxygen atoms in total. The van der Waals surface area contributed by atoms with Crippen molar-refractivity contribution in [3.8, 4) is 0 Å². The number of amides is 1. The zero-order chi connectivity index (χ0) is 17.9. The first-order chi connectivity index (χ1) is 11.3. The van der Waals surface area contributed by atoms with Crippen molar-refractivity contribution in [1.82, 2.24) is 20.4 Å². The average Bonchev–Trinajstić information content (AvgIpc) is 2.80. The van der Waals surface area contributed by atoms with Crippen LogP contribution in [-0.4, -0.2) is 27.8 Å². The Labute approximate surface area is 150 Å². The number of aromatic nitrogens is 2. The van der Waals surface area contributed by atoms with Gasteiger partial charge in [0.05, 0.1) is 5.69 Å². The molecule has 1 aromatic rings. The lowest BCUT2D eigenvalue weighted by molar-refractivity contribution is -0.126. The first-order valence-corrected chi connectivity index (χ1v) is 9.42. The Morgan fingerprint density at radius 1 is 1.33 bits per heavy atom. The Kier molecular flexibility index (Phi) is 6.70. The number of carbonyl (C=O) groups excluding carboxylic acids is 1. The Morgan fingerprint density at radius 2 is 2.04 bits per heavy atom. The van der Waals surface area contributed by atoms with Gasteiger partial charge in [-0.2, -0.15) is 5.10 Å². The van der Waals surface area contributed by atoms with Crippen LogP contribution in [-0.2, 0) is 18.4 Å². The molecule has 2 atom stereocenters. The van der Waals surface area contributed by atoms with E-state index in [1.165, 1.54) is 0 Å². The van der Waals surface area contributed by atoms with Crippen LogP contribution < -0.4 is 10.6 Å². The maximum atomic E-state index is 12.3. The fourth-order valence-corrected chi connectivity index (χ4v) is 3.66. The van der Waals surface area contributed by atoms with Gasteiger partial charge in [-0.05, 0) is 39.0 Å². The summed E-state index contributed by atoms with van der Waals surface area (Å²) in [7, 11) is 1.88. The number of halogens is 1. The summed E-state index contributed by atoms with van der Waals surface area (Å²) in [5.74, 6) is 0.655. The molecular weight excluding hydrogens is 324 g/mol. The Hall–Kier alpha value is -1.07. The molecular formula is C18H31ClN4O. The third-order valence-electron chi connectivity index (χ3n) is 4.69. The number of hydrogen-bond donors (Lipinski definition) is 2. The zero-order valence-electron chi connectivity index (χ0n) is 15.5. The summed E-state index contributed by atoms with van der Waals surface area (Å²) >= 11 is 6.41. The highest BCUT2D eigenvalue weighted by Crippen LogP contribution is 2.28. The number of carbonyl (C=O) groups is 1. The molecule has 0 radical (unpaired) electrons. The van der Waals surface area contributed by atoms with Crippen LogP contribution in [0.1, 0.15) is 70.6 Å². The molecule has 1 aromatic heterocycles. The molecule has 0 unspecified atom stereocenters. The Morgan fingerprint density at radius 3 is 2.67 bits per heavy atom. The van der Waals surface area contributed by atoms with E-state index in [0.717, 1.165) is 36.9 Å². The Bertz CT molecular complexity index is 568. The normalized spacial score (nSPS) is 21.5. The molecule has 2 rings (SSSR count). The van der Waals surface area contributed by atoms with E-state index in [9.17, 15) is 4.79 Å². The molecule has 1 heterocycles. The van der Waals surface area contributed by atoms with Crippen molar-refractivity contribution >= 4 is 17.5 Å². The topological polar surface area (TPSA) is 59.0 Å². The van der Waals surface area contributed by atoms with Crippen molar-refractivity contribution in [2.24, 2.45) is 13.0 Å². The second-order valence-electron chi connectivity index (χ2n) is 7.54. The summed E-state index contributed by atoms with van der Waals surface area (Å²) in [5, 5.41) is 11.9. The van der Waals surface area contributed by atoms with E-state index in [-0.39, 0.29) is 17.9 Å². The van der Waals surface area contributed by atoms with Crippen LogP contribution >= 0.6 is 11.6 Å². The van der Waals surface area contributed by atoms with Crippen molar-refractivity contribution in [3.05, 3.63) is 16.4 Å². The van der Waals surface area contributed by atoms with Crippen molar-refractivity contribution in [1.29, 1.82) is 0 Å². The van der Waals surface area contributed by atoms with E-state index in [1.54, 1.807) is 4.68 Å². The molecule has 0 aliphatic heterocycles. The van der Waals surface area contributed by atoms with Gasteiger partial charge in [0, 0.05) is 37.2 Å². The van der Waals surface area contributed by atoms with Gasteiger partial charge in [0.25, 0.3) is 0 Å². The molecule has 0 bridgehead atoms. The molecule has 6 heteroatoms.